The Hall–Kier alpha value is -0.870. The van der Waals surface area contributed by atoms with Crippen LogP contribution in [0.25, 0.3) is 0 Å². The van der Waals surface area contributed by atoms with Crippen LogP contribution in [-0.2, 0) is 10.2 Å². The molecule has 5 rings (SSSR count). The molecule has 0 heterocycles. The van der Waals surface area contributed by atoms with Gasteiger partial charge in [0, 0.05) is 9.89 Å². The maximum absolute atomic E-state index is 11.6. The van der Waals surface area contributed by atoms with E-state index < -0.39 is 11.6 Å². The summed E-state index contributed by atoms with van der Waals surface area (Å²) in [5.41, 5.74) is -0.374. The van der Waals surface area contributed by atoms with Gasteiger partial charge in [-0.2, -0.15) is 0 Å². The highest BCUT2D eigenvalue weighted by atomic mass is 79.9. The molecule has 0 aromatic heterocycles. The van der Waals surface area contributed by atoms with Gasteiger partial charge in [-0.25, -0.2) is 0 Å². The summed E-state index contributed by atoms with van der Waals surface area (Å²) in [5.74, 6) is 0.536. The van der Waals surface area contributed by atoms with Crippen molar-refractivity contribution in [2.45, 2.75) is 49.5 Å². The van der Waals surface area contributed by atoms with Crippen LogP contribution in [0.15, 0.2) is 28.7 Å². The van der Waals surface area contributed by atoms with E-state index in [4.69, 9.17) is 0 Å². The first-order chi connectivity index (χ1) is 10.4. The second-order valence-electron chi connectivity index (χ2n) is 7.63. The Morgan fingerprint density at radius 1 is 1.23 bits per heavy atom. The van der Waals surface area contributed by atoms with Crippen LogP contribution in [0.4, 0.5) is 0 Å². The molecule has 3 nitrogen and oxygen atoms in total. The first-order valence-electron chi connectivity index (χ1n) is 8.13. The molecule has 4 saturated carbocycles. The van der Waals surface area contributed by atoms with Gasteiger partial charge in [0.05, 0.1) is 12.0 Å². The Labute approximate surface area is 138 Å². The lowest BCUT2D eigenvalue weighted by Gasteiger charge is -2.65. The Morgan fingerprint density at radius 2 is 1.91 bits per heavy atom. The number of hydrogen-bond acceptors (Lipinski definition) is 2. The van der Waals surface area contributed by atoms with E-state index in [9.17, 15) is 15.0 Å². The van der Waals surface area contributed by atoms with E-state index in [1.807, 2.05) is 12.1 Å². The average molecular weight is 365 g/mol. The van der Waals surface area contributed by atoms with Crippen molar-refractivity contribution in [2.24, 2.45) is 17.8 Å². The zero-order chi connectivity index (χ0) is 15.5. The molecule has 0 aliphatic heterocycles. The second-order valence-corrected chi connectivity index (χ2v) is 8.55. The summed E-state index contributed by atoms with van der Waals surface area (Å²) in [7, 11) is 0. The topological polar surface area (TPSA) is 57.5 Å². The molecule has 4 fully saturated rings. The van der Waals surface area contributed by atoms with Gasteiger partial charge in [-0.1, -0.05) is 28.1 Å². The predicted molar refractivity (Wildman–Crippen MR) is 86.6 cm³/mol. The molecule has 2 N–H and O–H groups in total. The minimum absolute atomic E-state index is 0.133. The number of hydrogen-bond donors (Lipinski definition) is 2. The van der Waals surface area contributed by atoms with Gasteiger partial charge in [-0.3, -0.25) is 4.79 Å². The largest absolute Gasteiger partial charge is 0.481 e. The van der Waals surface area contributed by atoms with Gasteiger partial charge < -0.3 is 10.2 Å². The molecule has 4 aliphatic carbocycles. The molecule has 118 valence electrons. The lowest BCUT2D eigenvalue weighted by molar-refractivity contribution is -0.201. The molecule has 0 spiro atoms. The number of carboxylic acid groups (broad SMARTS) is 1. The summed E-state index contributed by atoms with van der Waals surface area (Å²) in [6, 6.07) is 8.14. The highest BCUT2D eigenvalue weighted by molar-refractivity contribution is 9.10. The number of benzene rings is 1. The van der Waals surface area contributed by atoms with Crippen molar-refractivity contribution < 1.29 is 15.0 Å². The first-order valence-corrected chi connectivity index (χ1v) is 8.92. The molecule has 22 heavy (non-hydrogen) atoms. The fraction of sp³-hybridized carbons (Fsp3) is 0.611. The van der Waals surface area contributed by atoms with E-state index in [2.05, 4.69) is 28.1 Å². The quantitative estimate of drug-likeness (QED) is 0.858. The molecular weight excluding hydrogens is 344 g/mol. The van der Waals surface area contributed by atoms with Gasteiger partial charge in [0.25, 0.3) is 0 Å². The predicted octanol–water partition coefficient (Wildman–Crippen LogP) is 3.73. The number of aliphatic carboxylic acids is 1. The fourth-order valence-electron chi connectivity index (χ4n) is 5.92. The van der Waals surface area contributed by atoms with E-state index in [1.54, 1.807) is 0 Å². The van der Waals surface area contributed by atoms with Gasteiger partial charge in [0.15, 0.2) is 0 Å². The van der Waals surface area contributed by atoms with Crippen LogP contribution in [0.3, 0.4) is 0 Å². The van der Waals surface area contributed by atoms with Crippen LogP contribution in [0.5, 0.6) is 0 Å². The van der Waals surface area contributed by atoms with E-state index in [1.165, 1.54) is 6.42 Å². The SMILES string of the molecule is O=C(O)CC1(O)C2CC3CC(C2)CC1(c1cccc(Br)c1)C3. The molecule has 4 bridgehead atoms. The van der Waals surface area contributed by atoms with E-state index in [-0.39, 0.29) is 17.8 Å². The summed E-state index contributed by atoms with van der Waals surface area (Å²) in [6.45, 7) is 0. The van der Waals surface area contributed by atoms with Gasteiger partial charge in [-0.05, 0) is 67.6 Å². The van der Waals surface area contributed by atoms with E-state index in [0.29, 0.717) is 11.8 Å². The highest BCUT2D eigenvalue weighted by Gasteiger charge is 2.66. The molecule has 0 saturated heterocycles. The van der Waals surface area contributed by atoms with E-state index in [0.717, 1.165) is 35.7 Å². The standard InChI is InChI=1S/C18H21BrO3/c19-15-3-1-2-13(7-15)17-8-11-4-12(9-17)6-14(5-11)18(17,22)10-16(20)21/h1-3,7,11-12,14,22H,4-6,8-10H2,(H,20,21). The first kappa shape index (κ1) is 14.7. The summed E-state index contributed by atoms with van der Waals surface area (Å²) in [4.78, 5) is 11.5. The maximum atomic E-state index is 11.6. The summed E-state index contributed by atoms with van der Waals surface area (Å²) >= 11 is 3.53. The Kier molecular flexibility index (Phi) is 3.22. The minimum atomic E-state index is -1.10. The number of aliphatic hydroxyl groups is 1. The van der Waals surface area contributed by atoms with Crippen molar-refractivity contribution in [2.75, 3.05) is 0 Å². The van der Waals surface area contributed by atoms with Gasteiger partial charge in [-0.15, -0.1) is 0 Å². The van der Waals surface area contributed by atoms with Crippen molar-refractivity contribution in [1.82, 2.24) is 0 Å². The van der Waals surface area contributed by atoms with Crippen LogP contribution in [0.1, 0.15) is 44.1 Å². The molecule has 1 aromatic carbocycles. The third-order valence-electron chi connectivity index (χ3n) is 6.48. The number of halogens is 1. The van der Waals surface area contributed by atoms with Crippen molar-refractivity contribution in [3.05, 3.63) is 34.3 Å². The summed E-state index contributed by atoms with van der Waals surface area (Å²) < 4.78 is 0.999. The molecule has 4 heteroatoms. The smallest absolute Gasteiger partial charge is 0.306 e. The zero-order valence-corrected chi connectivity index (χ0v) is 14.1. The van der Waals surface area contributed by atoms with Crippen LogP contribution in [-0.4, -0.2) is 21.8 Å². The second kappa shape index (κ2) is 4.81. The number of carbonyl (C=O) groups is 1. The Morgan fingerprint density at radius 3 is 2.50 bits per heavy atom. The molecule has 1 aromatic rings. The number of carboxylic acids is 1. The van der Waals surface area contributed by atoms with Crippen molar-refractivity contribution in [1.29, 1.82) is 0 Å². The van der Waals surface area contributed by atoms with E-state index >= 15 is 0 Å². The highest BCUT2D eigenvalue weighted by Crippen LogP contribution is 2.66. The monoisotopic (exact) mass is 364 g/mol. The van der Waals surface area contributed by atoms with Gasteiger partial charge in [0.1, 0.15) is 0 Å². The van der Waals surface area contributed by atoms with Crippen molar-refractivity contribution in [3.63, 3.8) is 0 Å². The summed E-state index contributed by atoms with van der Waals surface area (Å²) in [5, 5.41) is 21.0. The molecular formula is C18H21BrO3. The molecule has 0 amide bonds. The zero-order valence-electron chi connectivity index (χ0n) is 12.5. The molecule has 3 unspecified atom stereocenters. The van der Waals surface area contributed by atoms with Crippen molar-refractivity contribution >= 4 is 21.9 Å². The molecule has 4 aliphatic rings. The van der Waals surface area contributed by atoms with Gasteiger partial charge in [0.2, 0.25) is 0 Å². The normalized spacial score (nSPS) is 42.5. The molecule has 3 atom stereocenters. The maximum Gasteiger partial charge on any atom is 0.306 e. The lowest BCUT2D eigenvalue weighted by Crippen LogP contribution is -2.67. The van der Waals surface area contributed by atoms with Crippen LogP contribution >= 0.6 is 15.9 Å². The average Bonchev–Trinajstić information content (AvgIpc) is 2.43. The molecule has 0 radical (unpaired) electrons. The third kappa shape index (κ3) is 1.93. The van der Waals surface area contributed by atoms with Gasteiger partial charge >= 0.3 is 5.97 Å². The van der Waals surface area contributed by atoms with Crippen molar-refractivity contribution in [3.8, 4) is 0 Å². The Bertz CT molecular complexity index is 615. The Balaban J connectivity index is 1.87. The van der Waals surface area contributed by atoms with Crippen LogP contribution in [0.2, 0.25) is 0 Å². The fourth-order valence-corrected chi connectivity index (χ4v) is 6.32. The van der Waals surface area contributed by atoms with Crippen LogP contribution < -0.4 is 0 Å². The third-order valence-corrected chi connectivity index (χ3v) is 6.97. The van der Waals surface area contributed by atoms with Crippen LogP contribution in [0, 0.1) is 17.8 Å². The summed E-state index contributed by atoms with van der Waals surface area (Å²) in [6.07, 6.45) is 4.98. The number of rotatable bonds is 3. The minimum Gasteiger partial charge on any atom is -0.481 e. The lowest BCUT2D eigenvalue weighted by atomic mass is 9.41.